The highest BCUT2D eigenvalue weighted by Gasteiger charge is 2.02. The van der Waals surface area contributed by atoms with Crippen LogP contribution in [0.5, 0.6) is 5.75 Å². The van der Waals surface area contributed by atoms with Gasteiger partial charge in [0.1, 0.15) is 12.4 Å². The fourth-order valence-electron chi connectivity index (χ4n) is 0.744. The average Bonchev–Trinajstić information content (AvgIpc) is 2.08. The van der Waals surface area contributed by atoms with Crippen molar-refractivity contribution in [2.45, 2.75) is 0 Å². The van der Waals surface area contributed by atoms with Crippen molar-refractivity contribution in [2.24, 2.45) is 0 Å². The van der Waals surface area contributed by atoms with Crippen LogP contribution in [0.3, 0.4) is 0 Å². The highest BCUT2D eigenvalue weighted by Crippen LogP contribution is 2.31. The van der Waals surface area contributed by atoms with E-state index in [4.69, 9.17) is 16.3 Å². The van der Waals surface area contributed by atoms with Crippen molar-refractivity contribution in [3.05, 3.63) is 40.3 Å². The topological polar surface area (TPSA) is 9.23 Å². The van der Waals surface area contributed by atoms with Gasteiger partial charge in [0.25, 0.3) is 0 Å². The third kappa shape index (κ3) is 2.26. The Bertz CT molecular complexity index is 286. The Kier molecular flexibility index (Phi) is 3.63. The molecule has 64 valence electrons. The fraction of sp³-hybridized carbons (Fsp3) is 0.111. The molecular weight excluding hydrogens is 239 g/mol. The van der Waals surface area contributed by atoms with Crippen LogP contribution in [0.1, 0.15) is 0 Å². The second-order valence-corrected chi connectivity index (χ2v) is 3.38. The molecule has 0 amide bonds. The van der Waals surface area contributed by atoms with E-state index in [1.165, 1.54) is 0 Å². The van der Waals surface area contributed by atoms with Crippen LogP contribution in [0, 0.1) is 0 Å². The number of rotatable bonds is 3. The van der Waals surface area contributed by atoms with Gasteiger partial charge in [-0.3, -0.25) is 0 Å². The van der Waals surface area contributed by atoms with E-state index >= 15 is 0 Å². The third-order valence-corrected chi connectivity index (χ3v) is 2.55. The lowest BCUT2D eigenvalue weighted by atomic mass is 10.3. The van der Waals surface area contributed by atoms with Crippen LogP contribution in [0.15, 0.2) is 35.3 Å². The highest BCUT2D eigenvalue weighted by atomic mass is 79.9. The number of hydrogen-bond acceptors (Lipinski definition) is 1. The van der Waals surface area contributed by atoms with Crippen molar-refractivity contribution in [2.75, 3.05) is 6.61 Å². The summed E-state index contributed by atoms with van der Waals surface area (Å²) >= 11 is 9.22. The summed E-state index contributed by atoms with van der Waals surface area (Å²) in [6, 6.07) is 5.55. The molecule has 0 atom stereocenters. The molecule has 0 aromatic heterocycles. The van der Waals surface area contributed by atoms with Gasteiger partial charge in [-0.1, -0.05) is 30.3 Å². The van der Waals surface area contributed by atoms with E-state index in [0.29, 0.717) is 17.4 Å². The zero-order valence-electron chi connectivity index (χ0n) is 6.39. The van der Waals surface area contributed by atoms with Gasteiger partial charge in [-0.2, -0.15) is 0 Å². The summed E-state index contributed by atoms with van der Waals surface area (Å²) in [7, 11) is 0. The summed E-state index contributed by atoms with van der Waals surface area (Å²) in [4.78, 5) is 0. The van der Waals surface area contributed by atoms with Gasteiger partial charge in [0, 0.05) is 4.47 Å². The minimum absolute atomic E-state index is 0.468. The maximum Gasteiger partial charge on any atom is 0.139 e. The minimum atomic E-state index is 0.468. The van der Waals surface area contributed by atoms with Gasteiger partial charge in [-0.15, -0.1) is 0 Å². The first kappa shape index (κ1) is 9.62. The van der Waals surface area contributed by atoms with E-state index < -0.39 is 0 Å². The Morgan fingerprint density at radius 3 is 3.00 bits per heavy atom. The zero-order chi connectivity index (χ0) is 8.97. The van der Waals surface area contributed by atoms with Gasteiger partial charge >= 0.3 is 0 Å². The van der Waals surface area contributed by atoms with Crippen molar-refractivity contribution < 1.29 is 4.74 Å². The molecule has 0 fully saturated rings. The van der Waals surface area contributed by atoms with Crippen molar-refractivity contribution in [3.8, 4) is 5.75 Å². The predicted octanol–water partition coefficient (Wildman–Crippen LogP) is 3.67. The van der Waals surface area contributed by atoms with Crippen LogP contribution in [-0.4, -0.2) is 6.61 Å². The van der Waals surface area contributed by atoms with Gasteiger partial charge in [0.05, 0.1) is 5.02 Å². The Morgan fingerprint density at radius 1 is 1.58 bits per heavy atom. The molecule has 0 aliphatic rings. The number of benzene rings is 1. The van der Waals surface area contributed by atoms with E-state index in [2.05, 4.69) is 22.5 Å². The largest absolute Gasteiger partial charge is 0.488 e. The number of halogens is 2. The molecule has 0 spiro atoms. The first-order chi connectivity index (χ1) is 5.75. The quantitative estimate of drug-likeness (QED) is 0.741. The van der Waals surface area contributed by atoms with Gasteiger partial charge in [-0.05, 0) is 28.1 Å². The van der Waals surface area contributed by atoms with Crippen LogP contribution in [0.25, 0.3) is 0 Å². The molecule has 0 aliphatic carbocycles. The van der Waals surface area contributed by atoms with E-state index in [0.717, 1.165) is 4.47 Å². The predicted molar refractivity (Wildman–Crippen MR) is 54.8 cm³/mol. The smallest absolute Gasteiger partial charge is 0.139 e. The summed E-state index contributed by atoms with van der Waals surface area (Å²) < 4.78 is 6.13. The number of ether oxygens (including phenoxy) is 1. The monoisotopic (exact) mass is 246 g/mol. The van der Waals surface area contributed by atoms with Crippen LogP contribution >= 0.6 is 27.5 Å². The molecule has 0 unspecified atom stereocenters. The Hall–Kier alpha value is -0.470. The first-order valence-electron chi connectivity index (χ1n) is 3.43. The molecule has 1 aromatic carbocycles. The van der Waals surface area contributed by atoms with Crippen LogP contribution < -0.4 is 4.74 Å². The van der Waals surface area contributed by atoms with Crippen LogP contribution in [0.4, 0.5) is 0 Å². The summed E-state index contributed by atoms with van der Waals surface area (Å²) in [6.07, 6.45) is 1.68. The number of hydrogen-bond donors (Lipinski definition) is 0. The summed E-state index contributed by atoms with van der Waals surface area (Å²) in [6.45, 7) is 4.02. The Balaban J connectivity index is 2.84. The molecule has 1 aromatic rings. The molecule has 1 rings (SSSR count). The first-order valence-corrected chi connectivity index (χ1v) is 4.60. The lowest BCUT2D eigenvalue weighted by Crippen LogP contribution is -1.93. The maximum atomic E-state index is 5.92. The van der Waals surface area contributed by atoms with Gasteiger partial charge in [0.2, 0.25) is 0 Å². The van der Waals surface area contributed by atoms with Crippen molar-refractivity contribution in [3.63, 3.8) is 0 Å². The van der Waals surface area contributed by atoms with E-state index in [1.54, 1.807) is 6.08 Å². The van der Waals surface area contributed by atoms with Gasteiger partial charge in [-0.25, -0.2) is 0 Å². The molecule has 0 bridgehead atoms. The van der Waals surface area contributed by atoms with Crippen LogP contribution in [0.2, 0.25) is 5.02 Å². The van der Waals surface area contributed by atoms with E-state index in [1.807, 2.05) is 18.2 Å². The van der Waals surface area contributed by atoms with Crippen molar-refractivity contribution in [1.29, 1.82) is 0 Å². The Labute approximate surface area is 85.1 Å². The standard InChI is InChI=1S/C9H8BrClO/c1-2-6-12-8-5-3-4-7(10)9(8)11/h2-5H,1,6H2. The molecule has 0 saturated heterocycles. The highest BCUT2D eigenvalue weighted by molar-refractivity contribution is 9.10. The molecule has 0 aliphatic heterocycles. The molecule has 1 nitrogen and oxygen atoms in total. The lowest BCUT2D eigenvalue weighted by Gasteiger charge is -2.05. The van der Waals surface area contributed by atoms with E-state index in [-0.39, 0.29) is 0 Å². The molecule has 0 saturated carbocycles. The maximum absolute atomic E-state index is 5.92. The molecule has 3 heteroatoms. The second kappa shape index (κ2) is 4.53. The lowest BCUT2D eigenvalue weighted by molar-refractivity contribution is 0.363. The van der Waals surface area contributed by atoms with Crippen molar-refractivity contribution in [1.82, 2.24) is 0 Å². The molecule has 0 radical (unpaired) electrons. The third-order valence-electron chi connectivity index (χ3n) is 1.27. The summed E-state index contributed by atoms with van der Waals surface area (Å²) in [5.74, 6) is 0.672. The normalized spacial score (nSPS) is 9.50. The van der Waals surface area contributed by atoms with Gasteiger partial charge < -0.3 is 4.74 Å². The van der Waals surface area contributed by atoms with E-state index in [9.17, 15) is 0 Å². The molecule has 12 heavy (non-hydrogen) atoms. The average molecular weight is 248 g/mol. The summed E-state index contributed by atoms with van der Waals surface area (Å²) in [5.41, 5.74) is 0. The minimum Gasteiger partial charge on any atom is -0.488 e. The zero-order valence-corrected chi connectivity index (χ0v) is 8.73. The SMILES string of the molecule is C=CCOc1cccc(Br)c1Cl. The van der Waals surface area contributed by atoms with Crippen molar-refractivity contribution >= 4 is 27.5 Å². The van der Waals surface area contributed by atoms with Crippen LogP contribution in [-0.2, 0) is 0 Å². The Morgan fingerprint density at radius 2 is 2.33 bits per heavy atom. The van der Waals surface area contributed by atoms with Gasteiger partial charge in [0.15, 0.2) is 0 Å². The molecular formula is C9H8BrClO. The fourth-order valence-corrected chi connectivity index (χ4v) is 1.27. The second-order valence-electron chi connectivity index (χ2n) is 2.15. The molecule has 0 heterocycles. The molecule has 0 N–H and O–H groups in total. The summed E-state index contributed by atoms with van der Waals surface area (Å²) in [5, 5.41) is 0.597.